The van der Waals surface area contributed by atoms with E-state index in [0.717, 1.165) is 41.5 Å². The first kappa shape index (κ1) is 12.0. The van der Waals surface area contributed by atoms with E-state index < -0.39 is 0 Å². The maximum Gasteiger partial charge on any atom is 0.0124 e. The summed E-state index contributed by atoms with van der Waals surface area (Å²) in [6.45, 7) is 8.34. The number of rotatable bonds is 4. The summed E-state index contributed by atoms with van der Waals surface area (Å²) in [6, 6.07) is 0.879. The Hall–Kier alpha value is -0.0400. The van der Waals surface area contributed by atoms with Crippen LogP contribution in [0.3, 0.4) is 0 Å². The molecule has 0 radical (unpaired) electrons. The van der Waals surface area contributed by atoms with Gasteiger partial charge in [-0.3, -0.25) is 0 Å². The third-order valence-corrected chi connectivity index (χ3v) is 6.04. The molecule has 1 unspecified atom stereocenters. The fourth-order valence-corrected chi connectivity index (χ4v) is 4.82. The summed E-state index contributed by atoms with van der Waals surface area (Å²) >= 11 is 0. The smallest absolute Gasteiger partial charge is 0.0124 e. The van der Waals surface area contributed by atoms with Crippen molar-refractivity contribution in [2.45, 2.75) is 58.9 Å². The summed E-state index contributed by atoms with van der Waals surface area (Å²) in [4.78, 5) is 0. The van der Waals surface area contributed by atoms with E-state index >= 15 is 0 Å². The van der Waals surface area contributed by atoms with Crippen molar-refractivity contribution in [3.63, 3.8) is 0 Å². The second-order valence-electron chi connectivity index (χ2n) is 7.59. The van der Waals surface area contributed by atoms with Crippen molar-refractivity contribution in [2.75, 3.05) is 6.54 Å². The molecule has 0 spiro atoms. The van der Waals surface area contributed by atoms with Crippen molar-refractivity contribution < 1.29 is 0 Å². The molecule has 1 atom stereocenters. The van der Waals surface area contributed by atoms with E-state index in [9.17, 15) is 0 Å². The van der Waals surface area contributed by atoms with Gasteiger partial charge in [-0.05, 0) is 74.2 Å². The van der Waals surface area contributed by atoms with Crippen LogP contribution in [0, 0.1) is 35.5 Å². The van der Waals surface area contributed by atoms with Gasteiger partial charge in [-0.1, -0.05) is 20.8 Å². The van der Waals surface area contributed by atoms with Crippen LogP contribution in [0.5, 0.6) is 0 Å². The summed E-state index contributed by atoms with van der Waals surface area (Å²) in [5, 5.41) is 3.95. The molecular formula is C16H29N. The molecule has 0 aromatic carbocycles. The summed E-state index contributed by atoms with van der Waals surface area (Å²) in [7, 11) is 0. The molecule has 4 bridgehead atoms. The van der Waals surface area contributed by atoms with Gasteiger partial charge < -0.3 is 5.32 Å². The standard InChI is InChI=1S/C16H29N/c1-10(2)11(3)9-17-16-14-5-12-4-13(7-14)8-15(16)6-12/h10-17H,4-9H2,1-3H3. The van der Waals surface area contributed by atoms with Gasteiger partial charge in [0.25, 0.3) is 0 Å². The molecule has 0 aromatic heterocycles. The highest BCUT2D eigenvalue weighted by Crippen LogP contribution is 2.53. The minimum atomic E-state index is 0.819. The van der Waals surface area contributed by atoms with Crippen molar-refractivity contribution in [3.8, 4) is 0 Å². The van der Waals surface area contributed by atoms with Crippen LogP contribution >= 0.6 is 0 Å². The average molecular weight is 235 g/mol. The molecule has 0 saturated heterocycles. The molecule has 98 valence electrons. The summed E-state index contributed by atoms with van der Waals surface area (Å²) < 4.78 is 0. The van der Waals surface area contributed by atoms with Gasteiger partial charge in [0.05, 0.1) is 0 Å². The number of hydrogen-bond donors (Lipinski definition) is 1. The molecular weight excluding hydrogens is 206 g/mol. The molecule has 1 nitrogen and oxygen atoms in total. The molecule has 4 aliphatic rings. The van der Waals surface area contributed by atoms with Crippen LogP contribution in [-0.2, 0) is 0 Å². The minimum absolute atomic E-state index is 0.819. The maximum atomic E-state index is 3.95. The van der Waals surface area contributed by atoms with Crippen molar-refractivity contribution in [2.24, 2.45) is 35.5 Å². The third-order valence-electron chi connectivity index (χ3n) is 6.04. The Morgan fingerprint density at radius 1 is 0.882 bits per heavy atom. The average Bonchev–Trinajstić information content (AvgIpc) is 2.26. The maximum absolute atomic E-state index is 3.95. The first-order chi connectivity index (χ1) is 8.13. The van der Waals surface area contributed by atoms with Gasteiger partial charge in [-0.2, -0.15) is 0 Å². The molecule has 4 rings (SSSR count). The van der Waals surface area contributed by atoms with Gasteiger partial charge in [0.15, 0.2) is 0 Å². The van der Waals surface area contributed by atoms with Crippen LogP contribution in [0.25, 0.3) is 0 Å². The SMILES string of the molecule is CC(C)C(C)CNC1C2CC3CC(C2)CC1C3. The number of hydrogen-bond acceptors (Lipinski definition) is 1. The van der Waals surface area contributed by atoms with E-state index in [1.165, 1.54) is 6.54 Å². The predicted octanol–water partition coefficient (Wildman–Crippen LogP) is 3.69. The van der Waals surface area contributed by atoms with E-state index in [0.29, 0.717) is 0 Å². The number of nitrogens with one attached hydrogen (secondary N) is 1. The van der Waals surface area contributed by atoms with Gasteiger partial charge in [0.2, 0.25) is 0 Å². The van der Waals surface area contributed by atoms with Gasteiger partial charge in [0.1, 0.15) is 0 Å². The summed E-state index contributed by atoms with van der Waals surface area (Å²) in [5.74, 6) is 5.93. The highest BCUT2D eigenvalue weighted by atomic mass is 14.9. The molecule has 4 fully saturated rings. The predicted molar refractivity (Wildman–Crippen MR) is 72.8 cm³/mol. The van der Waals surface area contributed by atoms with Gasteiger partial charge in [-0.25, -0.2) is 0 Å². The second-order valence-corrected chi connectivity index (χ2v) is 7.59. The zero-order valence-corrected chi connectivity index (χ0v) is 11.8. The lowest BCUT2D eigenvalue weighted by Gasteiger charge is -2.54. The lowest BCUT2D eigenvalue weighted by Crippen LogP contribution is -2.55. The Labute approximate surface area is 107 Å². The normalized spacial score (nSPS) is 45.5. The van der Waals surface area contributed by atoms with Crippen LogP contribution in [0.2, 0.25) is 0 Å². The third kappa shape index (κ3) is 2.28. The van der Waals surface area contributed by atoms with E-state index in [1.807, 2.05) is 0 Å². The van der Waals surface area contributed by atoms with Crippen LogP contribution in [-0.4, -0.2) is 12.6 Å². The Balaban J connectivity index is 1.57. The van der Waals surface area contributed by atoms with E-state index in [4.69, 9.17) is 0 Å². The van der Waals surface area contributed by atoms with Gasteiger partial charge >= 0.3 is 0 Å². The lowest BCUT2D eigenvalue weighted by atomic mass is 9.54. The van der Waals surface area contributed by atoms with Crippen molar-refractivity contribution >= 4 is 0 Å². The fourth-order valence-electron chi connectivity index (χ4n) is 4.82. The van der Waals surface area contributed by atoms with Crippen LogP contribution in [0.4, 0.5) is 0 Å². The lowest BCUT2D eigenvalue weighted by molar-refractivity contribution is -0.0151. The first-order valence-corrected chi connectivity index (χ1v) is 7.87. The van der Waals surface area contributed by atoms with Crippen LogP contribution in [0.1, 0.15) is 52.9 Å². The zero-order chi connectivity index (χ0) is 12.0. The van der Waals surface area contributed by atoms with E-state index in [2.05, 4.69) is 26.1 Å². The summed E-state index contributed by atoms with van der Waals surface area (Å²) in [6.07, 6.45) is 7.74. The highest BCUT2D eigenvalue weighted by Gasteiger charge is 2.47. The van der Waals surface area contributed by atoms with Crippen LogP contribution < -0.4 is 5.32 Å². The summed E-state index contributed by atoms with van der Waals surface area (Å²) in [5.41, 5.74) is 0. The van der Waals surface area contributed by atoms with E-state index in [-0.39, 0.29) is 0 Å². The van der Waals surface area contributed by atoms with E-state index in [1.54, 1.807) is 32.1 Å². The van der Waals surface area contributed by atoms with Gasteiger partial charge in [-0.15, -0.1) is 0 Å². The van der Waals surface area contributed by atoms with Crippen LogP contribution in [0.15, 0.2) is 0 Å². The molecule has 17 heavy (non-hydrogen) atoms. The largest absolute Gasteiger partial charge is 0.313 e. The Bertz CT molecular complexity index is 243. The first-order valence-electron chi connectivity index (χ1n) is 7.87. The molecule has 4 saturated carbocycles. The quantitative estimate of drug-likeness (QED) is 0.783. The Morgan fingerprint density at radius 3 is 1.88 bits per heavy atom. The molecule has 4 aliphatic carbocycles. The Kier molecular flexibility index (Phi) is 3.23. The fraction of sp³-hybridized carbons (Fsp3) is 1.00. The Morgan fingerprint density at radius 2 is 1.41 bits per heavy atom. The molecule has 0 heterocycles. The molecule has 0 aliphatic heterocycles. The van der Waals surface area contributed by atoms with Crippen molar-refractivity contribution in [3.05, 3.63) is 0 Å². The monoisotopic (exact) mass is 235 g/mol. The molecule has 1 N–H and O–H groups in total. The van der Waals surface area contributed by atoms with Crippen molar-refractivity contribution in [1.29, 1.82) is 0 Å². The minimum Gasteiger partial charge on any atom is -0.313 e. The zero-order valence-electron chi connectivity index (χ0n) is 11.8. The van der Waals surface area contributed by atoms with Crippen molar-refractivity contribution in [1.82, 2.24) is 5.32 Å². The molecule has 0 aromatic rings. The molecule has 1 heteroatoms. The highest BCUT2D eigenvalue weighted by molar-refractivity contribution is 5.01. The molecule has 0 amide bonds. The van der Waals surface area contributed by atoms with Gasteiger partial charge in [0, 0.05) is 6.04 Å². The second kappa shape index (κ2) is 4.57. The topological polar surface area (TPSA) is 12.0 Å².